The highest BCUT2D eigenvalue weighted by molar-refractivity contribution is 7.47. The largest absolute Gasteiger partial charge is 0.472 e. The monoisotopic (exact) mass is 1430 g/mol. The molecule has 0 heterocycles. The van der Waals surface area contributed by atoms with Crippen LogP contribution in [0.15, 0.2) is 194 Å². The zero-order valence-electron chi connectivity index (χ0n) is 66.0. The second kappa shape index (κ2) is 80.0. The summed E-state index contributed by atoms with van der Waals surface area (Å²) in [4.78, 5) is 36.0. The molecule has 102 heavy (non-hydrogen) atoms. The van der Waals surface area contributed by atoms with Crippen LogP contribution in [0.4, 0.5) is 0 Å². The third-order valence-corrected chi connectivity index (χ3v) is 18.1. The van der Waals surface area contributed by atoms with Gasteiger partial charge in [-0.05, 0) is 141 Å². The molecule has 0 bridgehead atoms. The number of phosphoric ester groups is 1. The average Bonchev–Trinajstić information content (AvgIpc) is 0.916. The maximum Gasteiger partial charge on any atom is 0.472 e. The quantitative estimate of drug-likeness (QED) is 0.0211. The van der Waals surface area contributed by atoms with Gasteiger partial charge in [0.2, 0.25) is 0 Å². The van der Waals surface area contributed by atoms with E-state index in [0.29, 0.717) is 17.4 Å². The fourth-order valence-corrected chi connectivity index (χ4v) is 11.7. The van der Waals surface area contributed by atoms with Gasteiger partial charge in [0.15, 0.2) is 6.10 Å². The van der Waals surface area contributed by atoms with Crippen LogP contribution >= 0.6 is 7.82 Å². The van der Waals surface area contributed by atoms with Gasteiger partial charge in [0.05, 0.1) is 27.7 Å². The lowest BCUT2D eigenvalue weighted by atomic mass is 10.0. The minimum absolute atomic E-state index is 0.0236. The molecule has 0 aromatic rings. The summed E-state index contributed by atoms with van der Waals surface area (Å²) < 4.78 is 34.8. The number of ether oxygens (including phenoxy) is 2. The maximum absolute atomic E-state index is 12.9. The summed E-state index contributed by atoms with van der Waals surface area (Å²) in [7, 11) is 1.46. The van der Waals surface area contributed by atoms with Gasteiger partial charge in [-0.1, -0.05) is 362 Å². The van der Waals surface area contributed by atoms with Crippen molar-refractivity contribution in [2.75, 3.05) is 47.5 Å². The average molecular weight is 1430 g/mol. The van der Waals surface area contributed by atoms with Gasteiger partial charge in [0, 0.05) is 12.8 Å². The van der Waals surface area contributed by atoms with Crippen molar-refractivity contribution in [2.24, 2.45) is 0 Å². The summed E-state index contributed by atoms with van der Waals surface area (Å²) in [6, 6.07) is 0. The van der Waals surface area contributed by atoms with Crippen LogP contribution in [0.5, 0.6) is 0 Å². The van der Waals surface area contributed by atoms with Crippen molar-refractivity contribution in [3.8, 4) is 0 Å². The molecule has 0 fully saturated rings. The lowest BCUT2D eigenvalue weighted by molar-refractivity contribution is -0.870. The number of unbranched alkanes of at least 4 members (excludes halogenated alkanes) is 28. The van der Waals surface area contributed by atoms with Crippen molar-refractivity contribution >= 4 is 19.8 Å². The van der Waals surface area contributed by atoms with Gasteiger partial charge in [-0.2, -0.15) is 0 Å². The van der Waals surface area contributed by atoms with Crippen LogP contribution in [-0.2, 0) is 32.7 Å². The van der Waals surface area contributed by atoms with Crippen LogP contribution < -0.4 is 0 Å². The van der Waals surface area contributed by atoms with Crippen LogP contribution in [0.1, 0.15) is 322 Å². The number of nitrogens with zero attached hydrogens (tertiary/aromatic N) is 1. The number of likely N-dealkylation sites (N-methyl/N-ethyl adjacent to an activating group) is 1. The Morgan fingerprint density at radius 3 is 0.784 bits per heavy atom. The van der Waals surface area contributed by atoms with Crippen LogP contribution in [0.2, 0.25) is 0 Å². The predicted molar refractivity (Wildman–Crippen MR) is 445 cm³/mol. The van der Waals surface area contributed by atoms with Crippen molar-refractivity contribution in [2.45, 2.75) is 328 Å². The van der Waals surface area contributed by atoms with Crippen LogP contribution in [-0.4, -0.2) is 74.9 Å². The number of hydrogen-bond donors (Lipinski definition) is 1. The van der Waals surface area contributed by atoms with Gasteiger partial charge in [-0.15, -0.1) is 0 Å². The number of allylic oxidation sites excluding steroid dienone is 32. The first-order valence-electron chi connectivity index (χ1n) is 41.2. The van der Waals surface area contributed by atoms with Crippen molar-refractivity contribution < 1.29 is 42.1 Å². The minimum atomic E-state index is -4.41. The molecule has 0 spiro atoms. The molecule has 0 saturated heterocycles. The van der Waals surface area contributed by atoms with E-state index in [9.17, 15) is 19.0 Å². The minimum Gasteiger partial charge on any atom is -0.462 e. The second-order valence-corrected chi connectivity index (χ2v) is 29.5. The SMILES string of the molecule is CC/C=C\C/C=C\C/C=C\C/C=C\C/C=C\C/C=C\C/C=C\C/C=C\C/C=C\C/C=C\CCCCCCCCCCCCC(=O)OC(COC(=O)CCCCCCCCCCCCCCCCCCCC/C=C\C/C=C\C/C=C\C/C=C\C/C=C\C/C=C\CC)COP(=O)(O)OCC[N+](C)(C)C. The van der Waals surface area contributed by atoms with Crippen molar-refractivity contribution in [3.63, 3.8) is 0 Å². The zero-order chi connectivity index (χ0) is 74.0. The predicted octanol–water partition coefficient (Wildman–Crippen LogP) is 27.9. The van der Waals surface area contributed by atoms with E-state index in [0.717, 1.165) is 148 Å². The molecule has 0 aromatic heterocycles. The lowest BCUT2D eigenvalue weighted by Gasteiger charge is -2.24. The molecule has 578 valence electrons. The van der Waals surface area contributed by atoms with Gasteiger partial charge in [-0.3, -0.25) is 18.6 Å². The Hall–Kier alpha value is -5.15. The molecule has 0 aromatic carbocycles. The second-order valence-electron chi connectivity index (χ2n) is 28.0. The van der Waals surface area contributed by atoms with Gasteiger partial charge in [0.25, 0.3) is 0 Å². The standard InChI is InChI=1S/C92H152NO8P/c1-6-8-10-12-14-16-18-20-22-24-26-28-30-32-34-36-38-40-42-44-45-46-47-49-51-53-55-57-59-61-63-65-67-69-71-73-75-77-79-81-83-85-92(95)101-90(89-100-102(96,97)99-87-86-93(3,4)5)88-98-91(94)84-82-80-78-76-74-72-70-68-66-64-62-60-58-56-54-52-50-48-43-41-39-37-35-33-31-29-27-25-23-21-19-17-15-13-11-9-7-2/h8-11,14-17,20-23,26-29,32-35,38-41,44-45,47,49,53,55,59,61,90H,6-7,12-13,18-19,24-25,30-31,36-37,42-43,46,48,50-52,54,56-58,60,62-89H2,1-5H3/p+1/b10-8-,11-9-,16-14-,17-15-,22-20-,23-21-,28-26-,29-27-,34-32-,35-33-,40-38-,41-39-,45-44-,49-47-,55-53-,61-59-. The van der Waals surface area contributed by atoms with E-state index in [1.54, 1.807) is 0 Å². The van der Waals surface area contributed by atoms with Gasteiger partial charge < -0.3 is 18.9 Å². The molecule has 0 rings (SSSR count). The molecule has 2 atom stereocenters. The molecule has 2 unspecified atom stereocenters. The molecule has 0 amide bonds. The van der Waals surface area contributed by atoms with Crippen LogP contribution in [0, 0.1) is 0 Å². The summed E-state index contributed by atoms with van der Waals surface area (Å²) in [5, 5.41) is 0. The Balaban J connectivity index is 4.03. The summed E-state index contributed by atoms with van der Waals surface area (Å²) >= 11 is 0. The van der Waals surface area contributed by atoms with Gasteiger partial charge in [-0.25, -0.2) is 4.57 Å². The smallest absolute Gasteiger partial charge is 0.462 e. The molecular formula is C92H153NO8P+. The molecule has 0 aliphatic carbocycles. The lowest BCUT2D eigenvalue weighted by Crippen LogP contribution is -2.37. The van der Waals surface area contributed by atoms with E-state index in [2.05, 4.69) is 208 Å². The van der Waals surface area contributed by atoms with Crippen molar-refractivity contribution in [1.82, 2.24) is 0 Å². The summed E-state index contributed by atoms with van der Waals surface area (Å²) in [6.45, 7) is 4.21. The number of phosphoric acid groups is 1. The van der Waals surface area contributed by atoms with Crippen molar-refractivity contribution in [3.05, 3.63) is 194 Å². The van der Waals surface area contributed by atoms with E-state index >= 15 is 0 Å². The number of carbonyl (C=O) groups excluding carboxylic acids is 2. The summed E-state index contributed by atoms with van der Waals surface area (Å²) in [5.41, 5.74) is 0. The maximum atomic E-state index is 12.9. The fourth-order valence-electron chi connectivity index (χ4n) is 10.9. The Morgan fingerprint density at radius 2 is 0.529 bits per heavy atom. The Labute approximate surface area is 628 Å². The van der Waals surface area contributed by atoms with E-state index in [1.165, 1.54) is 141 Å². The molecule has 9 nitrogen and oxygen atoms in total. The summed E-state index contributed by atoms with van der Waals surface area (Å²) in [6.07, 6.45) is 124. The van der Waals surface area contributed by atoms with Crippen molar-refractivity contribution in [1.29, 1.82) is 0 Å². The number of quaternary nitrogens is 1. The van der Waals surface area contributed by atoms with E-state index < -0.39 is 26.5 Å². The molecular weight excluding hydrogens is 1280 g/mol. The Kier molecular flexibility index (Phi) is 75.9. The summed E-state index contributed by atoms with van der Waals surface area (Å²) in [5.74, 6) is -0.803. The molecule has 0 aliphatic rings. The van der Waals surface area contributed by atoms with Gasteiger partial charge >= 0.3 is 19.8 Å². The third kappa shape index (κ3) is 83.8. The number of esters is 2. The highest BCUT2D eigenvalue weighted by atomic mass is 31.2. The topological polar surface area (TPSA) is 108 Å². The van der Waals surface area contributed by atoms with Gasteiger partial charge in [0.1, 0.15) is 19.8 Å². The zero-order valence-corrected chi connectivity index (χ0v) is 66.9. The molecule has 10 heteroatoms. The number of rotatable bonds is 74. The van der Waals surface area contributed by atoms with E-state index in [4.69, 9.17) is 18.5 Å². The molecule has 0 saturated carbocycles. The first-order valence-corrected chi connectivity index (χ1v) is 42.7. The highest BCUT2D eigenvalue weighted by Crippen LogP contribution is 2.43. The van der Waals surface area contributed by atoms with Crippen LogP contribution in [0.25, 0.3) is 0 Å². The first-order chi connectivity index (χ1) is 50.0. The van der Waals surface area contributed by atoms with E-state index in [-0.39, 0.29) is 32.0 Å². The number of hydrogen-bond acceptors (Lipinski definition) is 7. The first kappa shape index (κ1) is 96.8. The molecule has 0 aliphatic heterocycles. The third-order valence-electron chi connectivity index (χ3n) is 17.1. The molecule has 0 radical (unpaired) electrons. The highest BCUT2D eigenvalue weighted by Gasteiger charge is 2.27. The Morgan fingerprint density at radius 1 is 0.304 bits per heavy atom. The normalized spacial score (nSPS) is 14.1. The number of carbonyl (C=O) groups is 2. The Bertz CT molecular complexity index is 2440. The van der Waals surface area contributed by atoms with E-state index in [1.807, 2.05) is 21.1 Å². The van der Waals surface area contributed by atoms with Crippen LogP contribution in [0.3, 0.4) is 0 Å². The molecule has 1 N–H and O–H groups in total. The fraction of sp³-hybridized carbons (Fsp3) is 0.630.